The topological polar surface area (TPSA) is 95.3 Å². The third kappa shape index (κ3) is 2.52. The van der Waals surface area contributed by atoms with Gasteiger partial charge in [-0.3, -0.25) is 0 Å². The van der Waals surface area contributed by atoms with E-state index >= 15 is 0 Å². The number of anilines is 1. The van der Waals surface area contributed by atoms with Gasteiger partial charge in [-0.05, 0) is 12.8 Å². The molecule has 17 heavy (non-hydrogen) atoms. The summed E-state index contributed by atoms with van der Waals surface area (Å²) < 4.78 is 0. The van der Waals surface area contributed by atoms with E-state index in [-0.39, 0.29) is 17.7 Å². The number of rotatable bonds is 5. The molecule has 0 aliphatic heterocycles. The third-order valence-corrected chi connectivity index (χ3v) is 3.27. The van der Waals surface area contributed by atoms with E-state index in [2.05, 4.69) is 15.3 Å². The Hall–Kier alpha value is -1.69. The average molecular weight is 237 g/mol. The molecule has 0 saturated heterocycles. The highest BCUT2D eigenvalue weighted by atomic mass is 16.4. The van der Waals surface area contributed by atoms with Crippen LogP contribution >= 0.6 is 0 Å². The van der Waals surface area contributed by atoms with E-state index in [4.69, 9.17) is 5.11 Å². The highest BCUT2D eigenvalue weighted by molar-refractivity contribution is 5.84. The van der Waals surface area contributed by atoms with Crippen LogP contribution in [-0.4, -0.2) is 39.3 Å². The van der Waals surface area contributed by atoms with Gasteiger partial charge in [0.05, 0.1) is 19.0 Å². The van der Waals surface area contributed by atoms with E-state index < -0.39 is 5.97 Å². The van der Waals surface area contributed by atoms with Gasteiger partial charge in [0.25, 0.3) is 0 Å². The van der Waals surface area contributed by atoms with Crippen LogP contribution in [0.3, 0.4) is 0 Å². The summed E-state index contributed by atoms with van der Waals surface area (Å²) in [7, 11) is 0. The Morgan fingerprint density at radius 1 is 1.41 bits per heavy atom. The van der Waals surface area contributed by atoms with Crippen molar-refractivity contribution in [1.29, 1.82) is 0 Å². The lowest BCUT2D eigenvalue weighted by Gasteiger charge is -2.40. The summed E-state index contributed by atoms with van der Waals surface area (Å²) in [5.41, 5.74) is -0.108. The second-order valence-electron chi connectivity index (χ2n) is 4.46. The van der Waals surface area contributed by atoms with Crippen LogP contribution in [-0.2, 0) is 0 Å². The van der Waals surface area contributed by atoms with E-state index in [0.29, 0.717) is 12.4 Å². The molecule has 0 unspecified atom stereocenters. The van der Waals surface area contributed by atoms with E-state index in [1.165, 1.54) is 12.4 Å². The lowest BCUT2D eigenvalue weighted by atomic mass is 9.69. The summed E-state index contributed by atoms with van der Waals surface area (Å²) in [5.74, 6) is -0.551. The molecule has 1 aromatic rings. The van der Waals surface area contributed by atoms with E-state index in [0.717, 1.165) is 19.3 Å². The number of hydrogen-bond acceptors (Lipinski definition) is 5. The molecule has 92 valence electrons. The number of nitrogens with one attached hydrogen (secondary N) is 1. The van der Waals surface area contributed by atoms with Crippen LogP contribution < -0.4 is 5.32 Å². The number of carboxylic acid groups (broad SMARTS) is 1. The number of aliphatic hydroxyl groups excluding tert-OH is 1. The van der Waals surface area contributed by atoms with Crippen LogP contribution in [0.4, 0.5) is 5.82 Å². The molecular formula is C11H15N3O3. The third-order valence-electron chi connectivity index (χ3n) is 3.27. The molecule has 0 bridgehead atoms. The van der Waals surface area contributed by atoms with Gasteiger partial charge in [-0.25, -0.2) is 14.8 Å². The maximum atomic E-state index is 10.6. The van der Waals surface area contributed by atoms with Crippen LogP contribution in [0.5, 0.6) is 0 Å². The zero-order valence-electron chi connectivity index (χ0n) is 9.39. The van der Waals surface area contributed by atoms with Crippen molar-refractivity contribution in [3.63, 3.8) is 0 Å². The van der Waals surface area contributed by atoms with Crippen LogP contribution in [0.2, 0.25) is 0 Å². The van der Waals surface area contributed by atoms with Gasteiger partial charge in [0.15, 0.2) is 5.69 Å². The van der Waals surface area contributed by atoms with Gasteiger partial charge in [-0.1, -0.05) is 6.42 Å². The number of hydrogen-bond donors (Lipinski definition) is 3. The normalized spacial score (nSPS) is 17.2. The highest BCUT2D eigenvalue weighted by Crippen LogP contribution is 2.40. The van der Waals surface area contributed by atoms with Gasteiger partial charge in [0.1, 0.15) is 5.82 Å². The predicted octanol–water partition coefficient (Wildman–Crippen LogP) is 0.749. The summed E-state index contributed by atoms with van der Waals surface area (Å²) >= 11 is 0. The monoisotopic (exact) mass is 237 g/mol. The number of nitrogens with zero attached hydrogens (tertiary/aromatic N) is 2. The Kier molecular flexibility index (Phi) is 3.23. The first-order valence-electron chi connectivity index (χ1n) is 5.55. The van der Waals surface area contributed by atoms with Crippen molar-refractivity contribution in [2.45, 2.75) is 19.3 Å². The fraction of sp³-hybridized carbons (Fsp3) is 0.545. The molecule has 1 heterocycles. The van der Waals surface area contributed by atoms with Crippen molar-refractivity contribution in [2.24, 2.45) is 5.41 Å². The number of aromatic nitrogens is 2. The largest absolute Gasteiger partial charge is 0.476 e. The summed E-state index contributed by atoms with van der Waals surface area (Å²) in [6.45, 7) is 0.811. The average Bonchev–Trinajstić information content (AvgIpc) is 2.29. The Morgan fingerprint density at radius 2 is 2.18 bits per heavy atom. The Balaban J connectivity index is 1.93. The molecule has 0 aromatic carbocycles. The molecule has 3 N–H and O–H groups in total. The van der Waals surface area contributed by atoms with Crippen LogP contribution in [0.25, 0.3) is 0 Å². The second kappa shape index (κ2) is 4.67. The first-order chi connectivity index (χ1) is 8.15. The highest BCUT2D eigenvalue weighted by Gasteiger charge is 2.36. The number of aliphatic hydroxyl groups is 1. The van der Waals surface area contributed by atoms with Crippen molar-refractivity contribution in [2.75, 3.05) is 18.5 Å². The van der Waals surface area contributed by atoms with E-state index in [1.54, 1.807) is 0 Å². The van der Waals surface area contributed by atoms with Crippen molar-refractivity contribution in [3.05, 3.63) is 18.1 Å². The number of aromatic carboxylic acids is 1. The summed E-state index contributed by atoms with van der Waals surface area (Å²) in [4.78, 5) is 18.3. The minimum Gasteiger partial charge on any atom is -0.476 e. The number of carbonyl (C=O) groups is 1. The zero-order chi connectivity index (χ0) is 12.3. The number of carboxylic acids is 1. The maximum absolute atomic E-state index is 10.6. The van der Waals surface area contributed by atoms with Crippen molar-refractivity contribution >= 4 is 11.8 Å². The van der Waals surface area contributed by atoms with Crippen molar-refractivity contribution < 1.29 is 15.0 Å². The van der Waals surface area contributed by atoms with Gasteiger partial charge >= 0.3 is 5.97 Å². The van der Waals surface area contributed by atoms with Gasteiger partial charge in [0, 0.05) is 12.0 Å². The molecule has 1 aromatic heterocycles. The minimum atomic E-state index is -1.09. The van der Waals surface area contributed by atoms with Gasteiger partial charge in [-0.15, -0.1) is 0 Å². The quantitative estimate of drug-likeness (QED) is 0.699. The summed E-state index contributed by atoms with van der Waals surface area (Å²) in [6.07, 6.45) is 5.78. The molecule has 0 atom stereocenters. The molecule has 0 amide bonds. The molecule has 1 fully saturated rings. The van der Waals surface area contributed by atoms with Crippen LogP contribution in [0.1, 0.15) is 29.8 Å². The van der Waals surface area contributed by atoms with Crippen molar-refractivity contribution in [1.82, 2.24) is 9.97 Å². The Morgan fingerprint density at radius 3 is 2.59 bits per heavy atom. The lowest BCUT2D eigenvalue weighted by molar-refractivity contribution is 0.0575. The fourth-order valence-electron chi connectivity index (χ4n) is 1.88. The first-order valence-corrected chi connectivity index (χ1v) is 5.55. The van der Waals surface area contributed by atoms with E-state index in [9.17, 15) is 9.90 Å². The molecule has 6 nitrogen and oxygen atoms in total. The van der Waals surface area contributed by atoms with Crippen LogP contribution in [0, 0.1) is 5.41 Å². The van der Waals surface area contributed by atoms with Crippen LogP contribution in [0.15, 0.2) is 12.4 Å². The molecule has 6 heteroatoms. The van der Waals surface area contributed by atoms with Gasteiger partial charge in [-0.2, -0.15) is 0 Å². The molecule has 2 rings (SSSR count). The minimum absolute atomic E-state index is 0.0346. The fourth-order valence-corrected chi connectivity index (χ4v) is 1.88. The Bertz CT molecular complexity index is 395. The molecule has 0 radical (unpaired) electrons. The van der Waals surface area contributed by atoms with Gasteiger partial charge in [0.2, 0.25) is 0 Å². The first kappa shape index (κ1) is 11.8. The molecule has 0 spiro atoms. The standard InChI is InChI=1S/C11H15N3O3/c15-7-11(2-1-3-11)6-14-9-5-12-8(4-13-9)10(16)17/h4-5,15H,1-3,6-7H2,(H,13,14)(H,16,17). The zero-order valence-corrected chi connectivity index (χ0v) is 9.39. The molecule has 1 saturated carbocycles. The Labute approximate surface area is 98.7 Å². The molecule has 1 aliphatic rings. The molecular weight excluding hydrogens is 222 g/mol. The van der Waals surface area contributed by atoms with E-state index in [1.807, 2.05) is 0 Å². The summed E-state index contributed by atoms with van der Waals surface area (Å²) in [5, 5.41) is 21.0. The predicted molar refractivity (Wildman–Crippen MR) is 60.9 cm³/mol. The second-order valence-corrected chi connectivity index (χ2v) is 4.46. The maximum Gasteiger partial charge on any atom is 0.356 e. The smallest absolute Gasteiger partial charge is 0.356 e. The lowest BCUT2D eigenvalue weighted by Crippen LogP contribution is -2.40. The van der Waals surface area contributed by atoms with Crippen molar-refractivity contribution in [3.8, 4) is 0 Å². The molecule has 1 aliphatic carbocycles. The SMILES string of the molecule is O=C(O)c1cnc(NCC2(CO)CCC2)cn1. The van der Waals surface area contributed by atoms with Gasteiger partial charge < -0.3 is 15.5 Å². The summed E-state index contributed by atoms with van der Waals surface area (Å²) in [6, 6.07) is 0.